The van der Waals surface area contributed by atoms with Gasteiger partial charge in [-0.25, -0.2) is 0 Å². The molecule has 1 spiro atoms. The van der Waals surface area contributed by atoms with Gasteiger partial charge >= 0.3 is 0 Å². The fourth-order valence-electron chi connectivity index (χ4n) is 7.02. The van der Waals surface area contributed by atoms with E-state index in [-0.39, 0.29) is 17.5 Å². The van der Waals surface area contributed by atoms with Crippen molar-refractivity contribution in [1.82, 2.24) is 9.88 Å². The van der Waals surface area contributed by atoms with E-state index in [9.17, 15) is 14.4 Å². The van der Waals surface area contributed by atoms with Gasteiger partial charge < -0.3 is 19.7 Å². The Hall–Kier alpha value is -5.24. The first kappa shape index (κ1) is 25.7. The molecule has 1 saturated heterocycles. The number of rotatable bonds is 6. The topological polar surface area (TPSA) is 97.8 Å². The first-order chi connectivity index (χ1) is 20.5. The fraction of sp³-hybridized carbons (Fsp3) is 0.176. The summed E-state index contributed by atoms with van der Waals surface area (Å²) in [6, 6.07) is 21.9. The molecule has 1 N–H and O–H groups in total. The first-order valence-electron chi connectivity index (χ1n) is 13.7. The van der Waals surface area contributed by atoms with Crippen LogP contribution in [0.4, 0.5) is 5.69 Å². The summed E-state index contributed by atoms with van der Waals surface area (Å²) in [7, 11) is 3.03. The molecule has 7 rings (SSSR count). The van der Waals surface area contributed by atoms with Crippen LogP contribution in [0, 0.1) is 5.92 Å². The highest BCUT2D eigenvalue weighted by Gasteiger charge is 2.70. The van der Waals surface area contributed by atoms with Crippen molar-refractivity contribution in [1.29, 1.82) is 0 Å². The summed E-state index contributed by atoms with van der Waals surface area (Å²) in [5.41, 5.74) is 2.40. The van der Waals surface area contributed by atoms with Crippen LogP contribution in [0.5, 0.6) is 11.5 Å². The molecule has 0 saturated carbocycles. The zero-order valence-corrected chi connectivity index (χ0v) is 23.0. The van der Waals surface area contributed by atoms with E-state index in [2.05, 4.69) is 10.3 Å². The van der Waals surface area contributed by atoms with E-state index >= 15 is 0 Å². The SMILES string of the molecule is COc1ccc(C(=O)[C@@H]2[C@@H](C(=O)c3ccncc3)[C@]3(C(=O)Nc4ccccc43)[C@H]3c4ccccc4C=CN23)c(OC)c1. The number of hydrogen-bond donors (Lipinski definition) is 1. The number of aromatic nitrogens is 1. The number of carbonyl (C=O) groups excluding carboxylic acids is 3. The van der Waals surface area contributed by atoms with Gasteiger partial charge in [0.05, 0.1) is 31.7 Å². The molecule has 1 amide bonds. The molecular weight excluding hydrogens is 530 g/mol. The van der Waals surface area contributed by atoms with E-state index in [1.54, 1.807) is 42.7 Å². The highest BCUT2D eigenvalue weighted by molar-refractivity contribution is 6.17. The average molecular weight is 558 g/mol. The number of ether oxygens (including phenoxy) is 2. The zero-order valence-electron chi connectivity index (χ0n) is 23.0. The molecule has 3 aliphatic rings. The minimum Gasteiger partial charge on any atom is -0.497 e. The Morgan fingerprint density at radius 3 is 2.45 bits per heavy atom. The number of pyridine rings is 1. The number of Topliss-reactive ketones (excluding diaryl/α,β-unsaturated/α-hetero) is 2. The molecule has 0 aliphatic carbocycles. The van der Waals surface area contributed by atoms with Crippen molar-refractivity contribution in [3.05, 3.63) is 125 Å². The number of anilines is 1. The van der Waals surface area contributed by atoms with Crippen molar-refractivity contribution in [2.75, 3.05) is 19.5 Å². The van der Waals surface area contributed by atoms with Crippen molar-refractivity contribution in [3.63, 3.8) is 0 Å². The molecule has 4 atom stereocenters. The highest BCUT2D eigenvalue weighted by Crippen LogP contribution is 2.62. The maximum Gasteiger partial charge on any atom is 0.238 e. The van der Waals surface area contributed by atoms with Gasteiger partial charge in [0.1, 0.15) is 23.0 Å². The largest absolute Gasteiger partial charge is 0.497 e. The Kier molecular flexibility index (Phi) is 5.93. The summed E-state index contributed by atoms with van der Waals surface area (Å²) in [5.74, 6) is -1.17. The summed E-state index contributed by atoms with van der Waals surface area (Å²) in [5, 5.41) is 3.06. The van der Waals surface area contributed by atoms with Crippen molar-refractivity contribution < 1.29 is 23.9 Å². The molecule has 3 aromatic carbocycles. The molecule has 8 heteroatoms. The molecule has 8 nitrogen and oxygen atoms in total. The van der Waals surface area contributed by atoms with Crippen molar-refractivity contribution in [2.45, 2.75) is 17.5 Å². The van der Waals surface area contributed by atoms with E-state index in [1.807, 2.05) is 65.7 Å². The van der Waals surface area contributed by atoms with Gasteiger partial charge in [-0.3, -0.25) is 19.4 Å². The zero-order chi connectivity index (χ0) is 29.0. The molecule has 1 fully saturated rings. The molecule has 3 aliphatic heterocycles. The first-order valence-corrected chi connectivity index (χ1v) is 13.7. The Morgan fingerprint density at radius 2 is 1.67 bits per heavy atom. The van der Waals surface area contributed by atoms with Crippen LogP contribution >= 0.6 is 0 Å². The van der Waals surface area contributed by atoms with Crippen LogP contribution in [0.25, 0.3) is 6.08 Å². The third-order valence-electron chi connectivity index (χ3n) is 8.76. The lowest BCUT2D eigenvalue weighted by Crippen LogP contribution is -2.49. The smallest absolute Gasteiger partial charge is 0.238 e. The Bertz CT molecular complexity index is 1790. The van der Waals surface area contributed by atoms with Gasteiger partial charge in [0.15, 0.2) is 11.6 Å². The minimum atomic E-state index is -1.40. The van der Waals surface area contributed by atoms with Gasteiger partial charge in [-0.2, -0.15) is 0 Å². The summed E-state index contributed by atoms with van der Waals surface area (Å²) in [6.07, 6.45) is 6.87. The van der Waals surface area contributed by atoms with E-state index in [1.165, 1.54) is 14.2 Å². The lowest BCUT2D eigenvalue weighted by molar-refractivity contribution is -0.122. The van der Waals surface area contributed by atoms with Gasteiger partial charge in [-0.15, -0.1) is 0 Å². The number of nitrogens with one attached hydrogen (secondary N) is 1. The van der Waals surface area contributed by atoms with Gasteiger partial charge in [0.2, 0.25) is 5.91 Å². The van der Waals surface area contributed by atoms with Crippen LogP contribution in [-0.2, 0) is 10.2 Å². The number of ketones is 2. The molecule has 0 radical (unpaired) electrons. The normalized spacial score (nSPS) is 23.1. The number of amides is 1. The second-order valence-electron chi connectivity index (χ2n) is 10.6. The number of carbonyl (C=O) groups is 3. The third-order valence-corrected chi connectivity index (χ3v) is 8.76. The maximum absolute atomic E-state index is 14.8. The van der Waals surface area contributed by atoms with E-state index < -0.39 is 23.4 Å². The quantitative estimate of drug-likeness (QED) is 0.330. The van der Waals surface area contributed by atoms with Gasteiger partial charge in [-0.05, 0) is 53.1 Å². The maximum atomic E-state index is 14.8. The molecule has 0 unspecified atom stereocenters. The Morgan fingerprint density at radius 1 is 0.905 bits per heavy atom. The molecular formula is C34H27N3O5. The van der Waals surface area contributed by atoms with Crippen LogP contribution < -0.4 is 14.8 Å². The number of hydrogen-bond acceptors (Lipinski definition) is 7. The summed E-state index contributed by atoms with van der Waals surface area (Å²) in [6.45, 7) is 0. The third kappa shape index (κ3) is 3.48. The Balaban J connectivity index is 1.53. The van der Waals surface area contributed by atoms with E-state index in [4.69, 9.17) is 9.47 Å². The fourth-order valence-corrected chi connectivity index (χ4v) is 7.02. The molecule has 42 heavy (non-hydrogen) atoms. The molecule has 4 aromatic rings. The second-order valence-corrected chi connectivity index (χ2v) is 10.6. The monoisotopic (exact) mass is 557 g/mol. The predicted octanol–water partition coefficient (Wildman–Crippen LogP) is 5.08. The van der Waals surface area contributed by atoms with Crippen LogP contribution in [0.1, 0.15) is 43.4 Å². The number of para-hydroxylation sites is 1. The number of benzene rings is 3. The van der Waals surface area contributed by atoms with Crippen LogP contribution in [0.3, 0.4) is 0 Å². The van der Waals surface area contributed by atoms with Crippen LogP contribution in [0.2, 0.25) is 0 Å². The van der Waals surface area contributed by atoms with Crippen molar-refractivity contribution in [3.8, 4) is 11.5 Å². The molecule has 0 bridgehead atoms. The molecule has 4 heterocycles. The van der Waals surface area contributed by atoms with E-state index in [0.29, 0.717) is 33.9 Å². The number of methoxy groups -OCH3 is 2. The van der Waals surface area contributed by atoms with E-state index in [0.717, 1.165) is 11.1 Å². The van der Waals surface area contributed by atoms with Crippen molar-refractivity contribution >= 4 is 29.2 Å². The Labute approximate surface area is 242 Å². The average Bonchev–Trinajstić information content (AvgIpc) is 3.52. The highest BCUT2D eigenvalue weighted by atomic mass is 16.5. The summed E-state index contributed by atoms with van der Waals surface area (Å²) in [4.78, 5) is 50.1. The van der Waals surface area contributed by atoms with Gasteiger partial charge in [-0.1, -0.05) is 42.5 Å². The lowest BCUT2D eigenvalue weighted by Gasteiger charge is -2.38. The number of fused-ring (bicyclic) bond motifs is 6. The summed E-state index contributed by atoms with van der Waals surface area (Å²) < 4.78 is 11.0. The van der Waals surface area contributed by atoms with Gasteiger partial charge in [0, 0.05) is 35.9 Å². The van der Waals surface area contributed by atoms with Gasteiger partial charge in [0.25, 0.3) is 0 Å². The molecule has 1 aromatic heterocycles. The van der Waals surface area contributed by atoms with Crippen LogP contribution in [-0.4, -0.2) is 47.6 Å². The molecule has 208 valence electrons. The van der Waals surface area contributed by atoms with Crippen molar-refractivity contribution in [2.24, 2.45) is 5.92 Å². The summed E-state index contributed by atoms with van der Waals surface area (Å²) >= 11 is 0. The minimum absolute atomic E-state index is 0.297. The lowest BCUT2D eigenvalue weighted by atomic mass is 9.62. The standard InChI is InChI=1S/C34H27N3O5/c1-41-22-11-12-24(27(19-22)42-2)31(39)29-28(30(38)21-13-16-35-17-14-21)34(25-9-5-6-10-26(25)36-33(34)40)32-23-8-4-3-7-20(23)15-18-37(29)32/h3-19,28-29,32H,1-2H3,(H,36,40)/t28-,29-,32+,34-/m0/s1. The predicted molar refractivity (Wildman–Crippen MR) is 157 cm³/mol. The van der Waals surface area contributed by atoms with Crippen LogP contribution in [0.15, 0.2) is 97.5 Å². The second kappa shape index (κ2) is 9.69. The number of nitrogens with zero attached hydrogens (tertiary/aromatic N) is 2.